The van der Waals surface area contributed by atoms with Crippen LogP contribution in [-0.2, 0) is 0 Å². The van der Waals surface area contributed by atoms with Gasteiger partial charge in [-0.2, -0.15) is 0 Å². The van der Waals surface area contributed by atoms with E-state index in [0.29, 0.717) is 0 Å². The van der Waals surface area contributed by atoms with Gasteiger partial charge in [-0.25, -0.2) is 9.59 Å². The molecule has 0 heterocycles. The third-order valence-corrected chi connectivity index (χ3v) is 4.21. The van der Waals surface area contributed by atoms with Crippen molar-refractivity contribution in [2.24, 2.45) is 0 Å². The van der Waals surface area contributed by atoms with E-state index in [4.69, 9.17) is 10.2 Å². The second-order valence-corrected chi connectivity index (χ2v) is 6.39. The smallest absolute Gasteiger partial charge is 0.335 e. The molecule has 0 fully saturated rings. The average molecular weight is 361 g/mol. The molecule has 3 rings (SSSR count). The maximum Gasteiger partial charge on any atom is 0.335 e. The van der Waals surface area contributed by atoms with E-state index in [0.717, 1.165) is 28.2 Å². The summed E-state index contributed by atoms with van der Waals surface area (Å²) in [6, 6.07) is 19.3. The predicted octanol–water partition coefficient (Wildman–Crippen LogP) is 5.17. The molecule has 27 heavy (non-hydrogen) atoms. The Balaban J connectivity index is 2.13. The minimum Gasteiger partial charge on any atom is -0.478 e. The molecule has 0 aliphatic rings. The Hall–Kier alpha value is -3.60. The van der Waals surface area contributed by atoms with Gasteiger partial charge in [-0.15, -0.1) is 0 Å². The van der Waals surface area contributed by atoms with Crippen LogP contribution in [0.2, 0.25) is 0 Å². The van der Waals surface area contributed by atoms with Gasteiger partial charge in [-0.05, 0) is 85.6 Å². The van der Waals surface area contributed by atoms with Gasteiger partial charge in [0.1, 0.15) is 0 Å². The topological polar surface area (TPSA) is 77.8 Å². The summed E-state index contributed by atoms with van der Waals surface area (Å²) in [4.78, 5) is 24.3. The lowest BCUT2D eigenvalue weighted by atomic mass is 10.1. The number of nitrogens with zero attached hydrogens (tertiary/aromatic N) is 1. The van der Waals surface area contributed by atoms with E-state index in [-0.39, 0.29) is 11.1 Å². The number of rotatable bonds is 5. The second-order valence-electron chi connectivity index (χ2n) is 6.39. The number of aryl methyl sites for hydroxylation is 2. The number of carbonyl (C=O) groups is 2. The van der Waals surface area contributed by atoms with E-state index < -0.39 is 11.9 Å². The van der Waals surface area contributed by atoms with Crippen molar-refractivity contribution in [1.29, 1.82) is 0 Å². The third-order valence-electron chi connectivity index (χ3n) is 4.21. The van der Waals surface area contributed by atoms with Crippen LogP contribution < -0.4 is 4.90 Å². The second kappa shape index (κ2) is 7.33. The van der Waals surface area contributed by atoms with Crippen LogP contribution in [0.5, 0.6) is 0 Å². The molecule has 0 amide bonds. The van der Waals surface area contributed by atoms with Gasteiger partial charge in [0.25, 0.3) is 0 Å². The fraction of sp³-hybridized carbons (Fsp3) is 0.0909. The quantitative estimate of drug-likeness (QED) is 0.655. The molecule has 0 aromatic heterocycles. The zero-order valence-corrected chi connectivity index (χ0v) is 15.0. The summed E-state index contributed by atoms with van der Waals surface area (Å²) in [7, 11) is 0. The van der Waals surface area contributed by atoms with Gasteiger partial charge in [-0.1, -0.05) is 6.07 Å². The maximum absolute atomic E-state index is 11.1. The Labute approximate surface area is 157 Å². The van der Waals surface area contributed by atoms with E-state index in [9.17, 15) is 9.59 Å². The molecule has 5 nitrogen and oxygen atoms in total. The average Bonchev–Trinajstić information content (AvgIpc) is 2.62. The van der Waals surface area contributed by atoms with Crippen LogP contribution in [0.15, 0.2) is 66.7 Å². The highest BCUT2D eigenvalue weighted by molar-refractivity contribution is 5.90. The van der Waals surface area contributed by atoms with E-state index in [1.807, 2.05) is 30.9 Å². The van der Waals surface area contributed by atoms with Crippen LogP contribution in [0.1, 0.15) is 31.8 Å². The van der Waals surface area contributed by atoms with Crippen molar-refractivity contribution in [3.63, 3.8) is 0 Å². The highest BCUT2D eigenvalue weighted by Crippen LogP contribution is 2.35. The molecule has 136 valence electrons. The number of benzene rings is 3. The highest BCUT2D eigenvalue weighted by Gasteiger charge is 2.15. The number of anilines is 3. The van der Waals surface area contributed by atoms with Gasteiger partial charge >= 0.3 is 11.9 Å². The Kier molecular flexibility index (Phi) is 4.94. The molecule has 0 saturated carbocycles. The molecular weight excluding hydrogens is 342 g/mol. The van der Waals surface area contributed by atoms with E-state index >= 15 is 0 Å². The maximum atomic E-state index is 11.1. The third kappa shape index (κ3) is 3.98. The molecule has 5 heteroatoms. The van der Waals surface area contributed by atoms with Crippen molar-refractivity contribution in [2.45, 2.75) is 13.8 Å². The molecule has 3 aromatic carbocycles. The summed E-state index contributed by atoms with van der Waals surface area (Å²) in [5.74, 6) is -1.96. The number of hydrogen-bond donors (Lipinski definition) is 2. The summed E-state index contributed by atoms with van der Waals surface area (Å²) >= 11 is 0. The normalized spacial score (nSPS) is 10.4. The molecule has 0 atom stereocenters. The summed E-state index contributed by atoms with van der Waals surface area (Å²) in [5.41, 5.74) is 5.10. The van der Waals surface area contributed by atoms with Crippen LogP contribution in [0.4, 0.5) is 17.1 Å². The van der Waals surface area contributed by atoms with Crippen molar-refractivity contribution in [2.75, 3.05) is 4.90 Å². The zero-order valence-electron chi connectivity index (χ0n) is 15.0. The molecule has 0 aliphatic carbocycles. The Morgan fingerprint density at radius 2 is 1.00 bits per heavy atom. The molecule has 2 N–H and O–H groups in total. The van der Waals surface area contributed by atoms with E-state index in [1.165, 1.54) is 0 Å². The molecule has 3 aromatic rings. The van der Waals surface area contributed by atoms with Crippen molar-refractivity contribution < 1.29 is 19.8 Å². The van der Waals surface area contributed by atoms with Gasteiger partial charge in [0, 0.05) is 17.1 Å². The summed E-state index contributed by atoms with van der Waals surface area (Å²) in [6.45, 7) is 4.02. The van der Waals surface area contributed by atoms with Crippen LogP contribution in [0.3, 0.4) is 0 Å². The molecule has 0 saturated heterocycles. The SMILES string of the molecule is Cc1cc(C)cc(N(c2ccc(C(=O)O)cc2)c2ccc(C(=O)O)cc2)c1. The van der Waals surface area contributed by atoms with Gasteiger partial charge in [0.2, 0.25) is 0 Å². The fourth-order valence-corrected chi connectivity index (χ4v) is 3.03. The Bertz CT molecular complexity index is 914. The molecule has 0 aliphatic heterocycles. The van der Waals surface area contributed by atoms with Crippen molar-refractivity contribution in [3.8, 4) is 0 Å². The van der Waals surface area contributed by atoms with Crippen LogP contribution in [0.25, 0.3) is 0 Å². The van der Waals surface area contributed by atoms with Gasteiger partial charge in [0.15, 0.2) is 0 Å². The Morgan fingerprint density at radius 1 is 0.630 bits per heavy atom. The number of aromatic carboxylic acids is 2. The first-order valence-corrected chi connectivity index (χ1v) is 8.40. The number of carboxylic acid groups (broad SMARTS) is 2. The van der Waals surface area contributed by atoms with E-state index in [1.54, 1.807) is 48.5 Å². The van der Waals surface area contributed by atoms with Crippen molar-refractivity contribution in [1.82, 2.24) is 0 Å². The summed E-state index contributed by atoms with van der Waals surface area (Å²) < 4.78 is 0. The zero-order chi connectivity index (χ0) is 19.6. The minimum absolute atomic E-state index is 0.209. The first kappa shape index (κ1) is 18.2. The van der Waals surface area contributed by atoms with Gasteiger partial charge < -0.3 is 15.1 Å². The largest absolute Gasteiger partial charge is 0.478 e. The van der Waals surface area contributed by atoms with Gasteiger partial charge in [-0.3, -0.25) is 0 Å². The first-order valence-electron chi connectivity index (χ1n) is 8.40. The molecular formula is C22H19NO4. The lowest BCUT2D eigenvalue weighted by molar-refractivity contribution is 0.0686. The van der Waals surface area contributed by atoms with Crippen LogP contribution in [0, 0.1) is 13.8 Å². The lowest BCUT2D eigenvalue weighted by Gasteiger charge is -2.26. The van der Waals surface area contributed by atoms with Crippen LogP contribution in [-0.4, -0.2) is 22.2 Å². The fourth-order valence-electron chi connectivity index (χ4n) is 3.03. The van der Waals surface area contributed by atoms with E-state index in [2.05, 4.69) is 6.07 Å². The molecule has 0 unspecified atom stereocenters. The summed E-state index contributed by atoms with van der Waals surface area (Å²) in [5, 5.41) is 18.3. The minimum atomic E-state index is -0.981. The van der Waals surface area contributed by atoms with Crippen molar-refractivity contribution in [3.05, 3.63) is 89.0 Å². The summed E-state index contributed by atoms with van der Waals surface area (Å²) in [6.07, 6.45) is 0. The van der Waals surface area contributed by atoms with Crippen LogP contribution >= 0.6 is 0 Å². The monoisotopic (exact) mass is 361 g/mol. The standard InChI is InChI=1S/C22H19NO4/c1-14-11-15(2)13-20(12-14)23(18-7-3-16(4-8-18)21(24)25)19-9-5-17(6-10-19)22(26)27/h3-13H,1-2H3,(H,24,25)(H,26,27). The lowest BCUT2D eigenvalue weighted by Crippen LogP contribution is -2.11. The van der Waals surface area contributed by atoms with Gasteiger partial charge in [0.05, 0.1) is 11.1 Å². The number of hydrogen-bond acceptors (Lipinski definition) is 3. The molecule has 0 bridgehead atoms. The first-order chi connectivity index (χ1) is 12.8. The molecule has 0 radical (unpaired) electrons. The number of carboxylic acids is 2. The Morgan fingerprint density at radius 3 is 1.33 bits per heavy atom. The highest BCUT2D eigenvalue weighted by atomic mass is 16.4. The van der Waals surface area contributed by atoms with Crippen molar-refractivity contribution >= 4 is 29.0 Å². The predicted molar refractivity (Wildman–Crippen MR) is 105 cm³/mol. The molecule has 0 spiro atoms.